The van der Waals surface area contributed by atoms with E-state index >= 15 is 0 Å². The molecule has 7 heteroatoms. The average molecular weight is 333 g/mol. The quantitative estimate of drug-likeness (QED) is 0.795. The summed E-state index contributed by atoms with van der Waals surface area (Å²) in [6, 6.07) is 7.73. The number of nitrogens with zero attached hydrogens (tertiary/aromatic N) is 3. The van der Waals surface area contributed by atoms with Crippen LogP contribution in [0.2, 0.25) is 0 Å². The van der Waals surface area contributed by atoms with Crippen LogP contribution < -0.4 is 10.2 Å². The first-order chi connectivity index (χ1) is 10.9. The van der Waals surface area contributed by atoms with E-state index in [4.69, 9.17) is 0 Å². The number of H-pyrrole nitrogens is 1. The highest BCUT2D eigenvalue weighted by atomic mass is 32.2. The average Bonchev–Trinajstić information content (AvgIpc) is 2.96. The number of benzene rings is 1. The van der Waals surface area contributed by atoms with Crippen LogP contribution in [0.4, 0.5) is 11.4 Å². The Labute approximate surface area is 141 Å². The van der Waals surface area contributed by atoms with Gasteiger partial charge in [0.2, 0.25) is 11.1 Å². The molecule has 2 N–H and O–H groups in total. The molecule has 2 rings (SSSR count). The molecule has 1 aromatic heterocycles. The SMILES string of the molecule is CC(C)c1nc(S[C@H](C)C(=O)Nc2ccc(N(C)C)cc2)n[nH]1. The summed E-state index contributed by atoms with van der Waals surface area (Å²) in [4.78, 5) is 18.7. The van der Waals surface area contributed by atoms with E-state index in [2.05, 4.69) is 20.5 Å². The molecule has 0 spiro atoms. The van der Waals surface area contributed by atoms with Gasteiger partial charge in [0.1, 0.15) is 5.82 Å². The van der Waals surface area contributed by atoms with Gasteiger partial charge in [-0.3, -0.25) is 9.89 Å². The number of aromatic amines is 1. The molecule has 0 radical (unpaired) electrons. The maximum Gasteiger partial charge on any atom is 0.237 e. The molecule has 1 aromatic carbocycles. The van der Waals surface area contributed by atoms with Gasteiger partial charge in [0, 0.05) is 31.4 Å². The maximum absolute atomic E-state index is 12.3. The van der Waals surface area contributed by atoms with Crippen molar-refractivity contribution in [3.63, 3.8) is 0 Å². The molecule has 2 aromatic rings. The minimum absolute atomic E-state index is 0.0662. The standard InChI is InChI=1S/C16H23N5OS/c1-10(2)14-18-16(20-19-14)23-11(3)15(22)17-12-6-8-13(9-7-12)21(4)5/h6-11H,1-5H3,(H,17,22)(H,18,19,20)/t11-/m1/s1. The van der Waals surface area contributed by atoms with E-state index in [1.54, 1.807) is 0 Å². The molecule has 0 aliphatic heterocycles. The van der Waals surface area contributed by atoms with E-state index in [0.29, 0.717) is 5.16 Å². The second kappa shape index (κ2) is 7.50. The molecule has 1 atom stereocenters. The Kier molecular flexibility index (Phi) is 5.65. The van der Waals surface area contributed by atoms with Crippen LogP contribution in [0.5, 0.6) is 0 Å². The number of hydrogen-bond acceptors (Lipinski definition) is 5. The van der Waals surface area contributed by atoms with E-state index in [-0.39, 0.29) is 17.1 Å². The molecular weight excluding hydrogens is 310 g/mol. The molecule has 1 amide bonds. The number of anilines is 2. The topological polar surface area (TPSA) is 73.9 Å². The number of carbonyl (C=O) groups excluding carboxylic acids is 1. The summed E-state index contributed by atoms with van der Waals surface area (Å²) in [5.41, 5.74) is 1.87. The fourth-order valence-electron chi connectivity index (χ4n) is 1.87. The van der Waals surface area contributed by atoms with E-state index < -0.39 is 0 Å². The molecule has 0 saturated heterocycles. The highest BCUT2D eigenvalue weighted by molar-refractivity contribution is 8.00. The van der Waals surface area contributed by atoms with Crippen LogP contribution in [0.1, 0.15) is 32.5 Å². The van der Waals surface area contributed by atoms with Gasteiger partial charge in [-0.15, -0.1) is 5.10 Å². The molecule has 0 aliphatic rings. The largest absolute Gasteiger partial charge is 0.378 e. The van der Waals surface area contributed by atoms with Crippen molar-refractivity contribution in [2.24, 2.45) is 0 Å². The molecule has 0 aliphatic carbocycles. The summed E-state index contributed by atoms with van der Waals surface area (Å²) in [6.07, 6.45) is 0. The summed E-state index contributed by atoms with van der Waals surface area (Å²) in [5.74, 6) is 1.05. The monoisotopic (exact) mass is 333 g/mol. The summed E-state index contributed by atoms with van der Waals surface area (Å²) < 4.78 is 0. The van der Waals surface area contributed by atoms with Gasteiger partial charge in [-0.2, -0.15) is 0 Å². The first kappa shape index (κ1) is 17.3. The van der Waals surface area contributed by atoms with Crippen molar-refractivity contribution in [3.8, 4) is 0 Å². The van der Waals surface area contributed by atoms with Crippen LogP contribution in [0, 0.1) is 0 Å². The molecule has 1 heterocycles. The van der Waals surface area contributed by atoms with Crippen LogP contribution >= 0.6 is 11.8 Å². The van der Waals surface area contributed by atoms with E-state index in [0.717, 1.165) is 17.2 Å². The van der Waals surface area contributed by atoms with Crippen LogP contribution in [-0.4, -0.2) is 40.4 Å². The predicted molar refractivity (Wildman–Crippen MR) is 95.2 cm³/mol. The normalized spacial score (nSPS) is 12.3. The Balaban J connectivity index is 1.93. The fourth-order valence-corrected chi connectivity index (χ4v) is 2.60. The summed E-state index contributed by atoms with van der Waals surface area (Å²) >= 11 is 1.34. The zero-order valence-corrected chi connectivity index (χ0v) is 14.9. The van der Waals surface area contributed by atoms with E-state index in [1.807, 2.05) is 64.0 Å². The van der Waals surface area contributed by atoms with Crippen molar-refractivity contribution in [2.45, 2.75) is 37.1 Å². The van der Waals surface area contributed by atoms with Gasteiger partial charge >= 0.3 is 0 Å². The molecule has 0 unspecified atom stereocenters. The zero-order chi connectivity index (χ0) is 17.0. The number of thioether (sulfide) groups is 1. The lowest BCUT2D eigenvalue weighted by Gasteiger charge is -2.14. The number of aromatic nitrogens is 3. The first-order valence-corrected chi connectivity index (χ1v) is 8.42. The van der Waals surface area contributed by atoms with Gasteiger partial charge in [0.15, 0.2) is 0 Å². The molecule has 0 saturated carbocycles. The minimum Gasteiger partial charge on any atom is -0.378 e. The Hall–Kier alpha value is -2.02. The smallest absolute Gasteiger partial charge is 0.237 e. The number of hydrogen-bond donors (Lipinski definition) is 2. The van der Waals surface area contributed by atoms with E-state index in [1.165, 1.54) is 11.8 Å². The van der Waals surface area contributed by atoms with Crippen molar-refractivity contribution >= 4 is 29.0 Å². The van der Waals surface area contributed by atoms with Gasteiger partial charge in [-0.1, -0.05) is 25.6 Å². The second-order valence-corrected chi connectivity index (χ2v) is 7.16. The fraction of sp³-hybridized carbons (Fsp3) is 0.438. The third kappa shape index (κ3) is 4.72. The van der Waals surface area contributed by atoms with Crippen LogP contribution in [0.3, 0.4) is 0 Å². The highest BCUT2D eigenvalue weighted by Gasteiger charge is 2.18. The highest BCUT2D eigenvalue weighted by Crippen LogP contribution is 2.23. The minimum atomic E-state index is -0.278. The summed E-state index contributed by atoms with van der Waals surface area (Å²) in [7, 11) is 3.96. The van der Waals surface area contributed by atoms with Crippen LogP contribution in [0.25, 0.3) is 0 Å². The van der Waals surface area contributed by atoms with E-state index in [9.17, 15) is 4.79 Å². The van der Waals surface area contributed by atoms with Gasteiger partial charge in [0.25, 0.3) is 0 Å². The third-order valence-electron chi connectivity index (χ3n) is 3.33. The molecular formula is C16H23N5OS. The van der Waals surface area contributed by atoms with Crippen molar-refractivity contribution in [1.29, 1.82) is 0 Å². The van der Waals surface area contributed by atoms with Crippen molar-refractivity contribution in [3.05, 3.63) is 30.1 Å². The summed E-state index contributed by atoms with van der Waals surface area (Å²) in [5, 5.41) is 10.3. The lowest BCUT2D eigenvalue weighted by atomic mass is 10.2. The lowest BCUT2D eigenvalue weighted by molar-refractivity contribution is -0.115. The molecule has 6 nitrogen and oxygen atoms in total. The van der Waals surface area contributed by atoms with Crippen molar-refractivity contribution in [2.75, 3.05) is 24.3 Å². The second-order valence-electron chi connectivity index (χ2n) is 5.85. The van der Waals surface area contributed by atoms with Gasteiger partial charge in [-0.05, 0) is 31.2 Å². The van der Waals surface area contributed by atoms with Crippen molar-refractivity contribution in [1.82, 2.24) is 15.2 Å². The maximum atomic E-state index is 12.3. The summed E-state index contributed by atoms with van der Waals surface area (Å²) in [6.45, 7) is 5.94. The number of amides is 1. The molecule has 0 fully saturated rings. The molecule has 23 heavy (non-hydrogen) atoms. The van der Waals surface area contributed by atoms with Gasteiger partial charge in [-0.25, -0.2) is 4.98 Å². The molecule has 124 valence electrons. The van der Waals surface area contributed by atoms with Gasteiger partial charge in [0.05, 0.1) is 5.25 Å². The predicted octanol–water partition coefficient (Wildman–Crippen LogP) is 3.11. The Bertz CT molecular complexity index is 651. The molecule has 0 bridgehead atoms. The van der Waals surface area contributed by atoms with Crippen LogP contribution in [-0.2, 0) is 4.79 Å². The van der Waals surface area contributed by atoms with Gasteiger partial charge < -0.3 is 10.2 Å². The first-order valence-electron chi connectivity index (χ1n) is 7.54. The Morgan fingerprint density at radius 2 is 1.87 bits per heavy atom. The zero-order valence-electron chi connectivity index (χ0n) is 14.1. The van der Waals surface area contributed by atoms with Crippen LogP contribution in [0.15, 0.2) is 29.4 Å². The lowest BCUT2D eigenvalue weighted by Crippen LogP contribution is -2.22. The number of rotatable bonds is 6. The third-order valence-corrected chi connectivity index (χ3v) is 4.29. The Morgan fingerprint density at radius 3 is 2.39 bits per heavy atom. The number of carbonyl (C=O) groups is 1. The van der Waals surface area contributed by atoms with Crippen molar-refractivity contribution < 1.29 is 4.79 Å². The Morgan fingerprint density at radius 1 is 1.22 bits per heavy atom. The number of nitrogens with one attached hydrogen (secondary N) is 2.